The minimum absolute atomic E-state index is 0.0264. The predicted octanol–water partition coefficient (Wildman–Crippen LogP) is 1.09. The Morgan fingerprint density at radius 2 is 1.85 bits per heavy atom. The number of carbonyl (C=O) groups excluding carboxylic acids is 1. The molecule has 1 fully saturated rings. The quantitative estimate of drug-likeness (QED) is 0.615. The Kier molecular flexibility index (Phi) is 3.82. The Hall–Kier alpha value is -1.87. The van der Waals surface area contributed by atoms with Crippen LogP contribution in [0.2, 0.25) is 0 Å². The molecule has 1 aliphatic heterocycles. The number of carbonyl (C=O) groups is 1. The lowest BCUT2D eigenvalue weighted by molar-refractivity contribution is -0.387. The largest absolute Gasteiger partial charge is 0.306 e. The number of Topliss-reactive ketones (excluding diaryl/α,β-unsaturated/α-hetero) is 1. The second-order valence-electron chi connectivity index (χ2n) is 4.31. The first kappa shape index (κ1) is 14.5. The minimum atomic E-state index is -3.95. The summed E-state index contributed by atoms with van der Waals surface area (Å²) >= 11 is 0. The van der Waals surface area contributed by atoms with Crippen LogP contribution in [-0.2, 0) is 14.8 Å². The average molecular weight is 302 g/mol. The fourth-order valence-corrected chi connectivity index (χ4v) is 3.38. The fraction of sp³-hybridized carbons (Fsp3) is 0.364. The van der Waals surface area contributed by atoms with Crippen LogP contribution in [0, 0.1) is 15.9 Å². The number of nitrogens with zero attached hydrogens (tertiary/aromatic N) is 2. The highest BCUT2D eigenvalue weighted by molar-refractivity contribution is 7.89. The van der Waals surface area contributed by atoms with Crippen molar-refractivity contribution in [3.8, 4) is 0 Å². The molecule has 1 aromatic rings. The van der Waals surface area contributed by atoms with E-state index in [0.717, 1.165) is 16.4 Å². The van der Waals surface area contributed by atoms with Gasteiger partial charge in [-0.1, -0.05) is 0 Å². The number of nitro groups is 1. The number of nitro benzene ring substituents is 1. The van der Waals surface area contributed by atoms with Crippen LogP contribution in [0.25, 0.3) is 0 Å². The highest BCUT2D eigenvalue weighted by Gasteiger charge is 2.30. The van der Waals surface area contributed by atoms with E-state index in [1.807, 2.05) is 0 Å². The third kappa shape index (κ3) is 2.68. The molecular formula is C11H11FN2O5S. The van der Waals surface area contributed by atoms with Gasteiger partial charge in [-0.2, -0.15) is 8.70 Å². The number of halogens is 1. The molecule has 0 saturated carbocycles. The van der Waals surface area contributed by atoms with Crippen molar-refractivity contribution >= 4 is 21.5 Å². The maximum atomic E-state index is 13.2. The van der Waals surface area contributed by atoms with Crippen LogP contribution >= 0.6 is 0 Å². The van der Waals surface area contributed by atoms with Gasteiger partial charge in [0, 0.05) is 32.0 Å². The summed E-state index contributed by atoms with van der Waals surface area (Å²) in [7, 11) is -3.95. The Morgan fingerprint density at radius 3 is 2.40 bits per heavy atom. The topological polar surface area (TPSA) is 97.6 Å². The number of hydrogen-bond acceptors (Lipinski definition) is 5. The highest BCUT2D eigenvalue weighted by Crippen LogP contribution is 2.25. The molecule has 2 rings (SSSR count). The van der Waals surface area contributed by atoms with Crippen molar-refractivity contribution < 1.29 is 22.5 Å². The number of rotatable bonds is 3. The number of ketones is 1. The SMILES string of the molecule is O=C1CCN(S(=O)(=O)c2ccc(F)c([N+](=O)[O-])c2)CC1. The summed E-state index contributed by atoms with van der Waals surface area (Å²) in [6.07, 6.45) is 0.227. The molecule has 0 radical (unpaired) electrons. The van der Waals surface area contributed by atoms with E-state index in [1.54, 1.807) is 0 Å². The van der Waals surface area contributed by atoms with Crippen LogP contribution in [0.3, 0.4) is 0 Å². The smallest absolute Gasteiger partial charge is 0.300 e. The van der Waals surface area contributed by atoms with Crippen molar-refractivity contribution in [3.63, 3.8) is 0 Å². The van der Waals surface area contributed by atoms with Crippen LogP contribution in [0.5, 0.6) is 0 Å². The maximum absolute atomic E-state index is 13.2. The van der Waals surface area contributed by atoms with Gasteiger partial charge in [-0.3, -0.25) is 14.9 Å². The molecule has 0 aliphatic carbocycles. The molecule has 108 valence electrons. The molecule has 9 heteroatoms. The summed E-state index contributed by atoms with van der Waals surface area (Å²) < 4.78 is 38.8. The van der Waals surface area contributed by atoms with Gasteiger partial charge in [0.05, 0.1) is 9.82 Å². The molecule has 0 atom stereocenters. The molecule has 0 N–H and O–H groups in total. The summed E-state index contributed by atoms with van der Waals surface area (Å²) in [5.74, 6) is -1.12. The molecule has 1 saturated heterocycles. The van der Waals surface area contributed by atoms with Gasteiger partial charge < -0.3 is 0 Å². The molecule has 0 unspecified atom stereocenters. The van der Waals surface area contributed by atoms with Crippen LogP contribution in [-0.4, -0.2) is 36.5 Å². The Morgan fingerprint density at radius 1 is 1.25 bits per heavy atom. The summed E-state index contributed by atoms with van der Waals surface area (Å²) in [4.78, 5) is 20.4. The highest BCUT2D eigenvalue weighted by atomic mass is 32.2. The molecule has 1 heterocycles. The molecule has 0 spiro atoms. The average Bonchev–Trinajstić information content (AvgIpc) is 2.39. The van der Waals surface area contributed by atoms with Crippen molar-refractivity contribution in [3.05, 3.63) is 34.1 Å². The van der Waals surface area contributed by atoms with E-state index in [-0.39, 0.29) is 36.6 Å². The summed E-state index contributed by atoms with van der Waals surface area (Å²) in [6.45, 7) is 0.0681. The van der Waals surface area contributed by atoms with Gasteiger partial charge in [0.2, 0.25) is 15.8 Å². The van der Waals surface area contributed by atoms with Crippen molar-refractivity contribution in [1.82, 2.24) is 4.31 Å². The van der Waals surface area contributed by atoms with E-state index in [4.69, 9.17) is 0 Å². The Balaban J connectivity index is 2.37. The van der Waals surface area contributed by atoms with Gasteiger partial charge in [0.1, 0.15) is 5.78 Å². The lowest BCUT2D eigenvalue weighted by Gasteiger charge is -2.25. The maximum Gasteiger partial charge on any atom is 0.306 e. The summed E-state index contributed by atoms with van der Waals surface area (Å²) in [5, 5.41) is 10.6. The van der Waals surface area contributed by atoms with Crippen molar-refractivity contribution in [2.24, 2.45) is 0 Å². The third-order valence-electron chi connectivity index (χ3n) is 3.03. The standard InChI is InChI=1S/C11H11FN2O5S/c12-10-2-1-9(7-11(10)14(16)17)20(18,19)13-5-3-8(15)4-6-13/h1-2,7H,3-6H2. The molecule has 0 bridgehead atoms. The van der Waals surface area contributed by atoms with Gasteiger partial charge >= 0.3 is 5.69 Å². The van der Waals surface area contributed by atoms with E-state index < -0.39 is 26.5 Å². The molecule has 20 heavy (non-hydrogen) atoms. The van der Waals surface area contributed by atoms with Crippen LogP contribution in [0.4, 0.5) is 10.1 Å². The molecule has 1 aliphatic rings. The molecule has 0 amide bonds. The predicted molar refractivity (Wildman–Crippen MR) is 66.1 cm³/mol. The van der Waals surface area contributed by atoms with E-state index in [2.05, 4.69) is 0 Å². The van der Waals surface area contributed by atoms with Crippen LogP contribution in [0.1, 0.15) is 12.8 Å². The first-order chi connectivity index (χ1) is 9.32. The number of benzene rings is 1. The minimum Gasteiger partial charge on any atom is -0.300 e. The number of sulfonamides is 1. The van der Waals surface area contributed by atoms with E-state index in [1.165, 1.54) is 0 Å². The van der Waals surface area contributed by atoms with E-state index in [0.29, 0.717) is 6.07 Å². The van der Waals surface area contributed by atoms with Crippen molar-refractivity contribution in [2.45, 2.75) is 17.7 Å². The zero-order chi connectivity index (χ0) is 14.9. The van der Waals surface area contributed by atoms with Crippen molar-refractivity contribution in [1.29, 1.82) is 0 Å². The van der Waals surface area contributed by atoms with Gasteiger partial charge in [-0.05, 0) is 12.1 Å². The van der Waals surface area contributed by atoms with Gasteiger partial charge in [0.15, 0.2) is 0 Å². The van der Waals surface area contributed by atoms with Gasteiger partial charge in [-0.25, -0.2) is 8.42 Å². The number of piperidine rings is 1. The first-order valence-electron chi connectivity index (χ1n) is 5.78. The molecule has 1 aromatic carbocycles. The second-order valence-corrected chi connectivity index (χ2v) is 6.25. The monoisotopic (exact) mass is 302 g/mol. The summed E-state index contributed by atoms with van der Waals surface area (Å²) in [5.41, 5.74) is -0.890. The fourth-order valence-electron chi connectivity index (χ4n) is 1.92. The summed E-state index contributed by atoms with van der Waals surface area (Å²) in [6, 6.07) is 2.43. The second kappa shape index (κ2) is 5.25. The molecular weight excluding hydrogens is 291 g/mol. The van der Waals surface area contributed by atoms with Crippen LogP contribution < -0.4 is 0 Å². The Labute approximate surface area is 114 Å². The molecule has 7 nitrogen and oxygen atoms in total. The lowest BCUT2D eigenvalue weighted by Crippen LogP contribution is -2.38. The van der Waals surface area contributed by atoms with Gasteiger partial charge in [-0.15, -0.1) is 0 Å². The third-order valence-corrected chi connectivity index (χ3v) is 4.93. The Bertz CT molecular complexity index is 663. The zero-order valence-corrected chi connectivity index (χ0v) is 11.1. The van der Waals surface area contributed by atoms with Crippen molar-refractivity contribution in [2.75, 3.05) is 13.1 Å². The first-order valence-corrected chi connectivity index (χ1v) is 7.22. The number of hydrogen-bond donors (Lipinski definition) is 0. The van der Waals surface area contributed by atoms with E-state index >= 15 is 0 Å². The normalized spacial score (nSPS) is 17.1. The lowest BCUT2D eigenvalue weighted by atomic mass is 10.1. The van der Waals surface area contributed by atoms with E-state index in [9.17, 15) is 27.7 Å². The van der Waals surface area contributed by atoms with Gasteiger partial charge in [0.25, 0.3) is 0 Å². The zero-order valence-electron chi connectivity index (χ0n) is 10.3. The van der Waals surface area contributed by atoms with Crippen LogP contribution in [0.15, 0.2) is 23.1 Å². The molecule has 0 aromatic heterocycles.